The highest BCUT2D eigenvalue weighted by Gasteiger charge is 2.32. The molecule has 1 aromatic heterocycles. The average molecular weight is 417 g/mol. The minimum absolute atomic E-state index is 0.124. The van der Waals surface area contributed by atoms with Gasteiger partial charge in [-0.05, 0) is 56.1 Å². The Balaban J connectivity index is 1.29. The van der Waals surface area contributed by atoms with E-state index in [1.54, 1.807) is 0 Å². The van der Waals surface area contributed by atoms with E-state index in [4.69, 9.17) is 14.2 Å². The van der Waals surface area contributed by atoms with Crippen molar-refractivity contribution in [1.29, 1.82) is 0 Å². The SMILES string of the molecule is CN=C(NCc1ccnc(OC2CCC(C)CC2)c1)N1CCOC(C2CCCO2)C1. The molecule has 3 aliphatic rings. The van der Waals surface area contributed by atoms with Crippen LogP contribution in [0, 0.1) is 5.92 Å². The number of aromatic nitrogens is 1. The first-order valence-electron chi connectivity index (χ1n) is 11.5. The summed E-state index contributed by atoms with van der Waals surface area (Å²) >= 11 is 0. The third kappa shape index (κ3) is 5.64. The first-order valence-corrected chi connectivity index (χ1v) is 11.5. The van der Waals surface area contributed by atoms with E-state index in [0.29, 0.717) is 19.3 Å². The summed E-state index contributed by atoms with van der Waals surface area (Å²) in [5.41, 5.74) is 1.15. The number of guanidine groups is 1. The smallest absolute Gasteiger partial charge is 0.213 e. The first-order chi connectivity index (χ1) is 14.7. The number of nitrogens with zero attached hydrogens (tertiary/aromatic N) is 3. The Morgan fingerprint density at radius 1 is 1.20 bits per heavy atom. The fourth-order valence-corrected chi connectivity index (χ4v) is 4.64. The molecule has 0 bridgehead atoms. The zero-order valence-corrected chi connectivity index (χ0v) is 18.4. The van der Waals surface area contributed by atoms with E-state index >= 15 is 0 Å². The van der Waals surface area contributed by atoms with Crippen LogP contribution in [0.1, 0.15) is 51.0 Å². The summed E-state index contributed by atoms with van der Waals surface area (Å²) in [6.07, 6.45) is 9.43. The lowest BCUT2D eigenvalue weighted by atomic mass is 9.89. The van der Waals surface area contributed by atoms with Crippen LogP contribution in [-0.4, -0.2) is 67.5 Å². The summed E-state index contributed by atoms with van der Waals surface area (Å²) in [6, 6.07) is 4.08. The Morgan fingerprint density at radius 2 is 2.03 bits per heavy atom. The van der Waals surface area contributed by atoms with Crippen LogP contribution in [0.15, 0.2) is 23.3 Å². The van der Waals surface area contributed by atoms with Crippen LogP contribution < -0.4 is 10.1 Å². The van der Waals surface area contributed by atoms with Gasteiger partial charge in [-0.25, -0.2) is 4.98 Å². The molecule has 7 nitrogen and oxygen atoms in total. The van der Waals surface area contributed by atoms with Crippen LogP contribution >= 0.6 is 0 Å². The van der Waals surface area contributed by atoms with Gasteiger partial charge >= 0.3 is 0 Å². The topological polar surface area (TPSA) is 68.2 Å². The van der Waals surface area contributed by atoms with E-state index in [1.807, 2.05) is 25.4 Å². The molecule has 0 radical (unpaired) electrons. The van der Waals surface area contributed by atoms with Crippen LogP contribution in [0.4, 0.5) is 0 Å². The number of aliphatic imine (C=N–C) groups is 1. The van der Waals surface area contributed by atoms with Crippen LogP contribution in [0.2, 0.25) is 0 Å². The van der Waals surface area contributed by atoms with Crippen LogP contribution in [0.5, 0.6) is 5.88 Å². The number of hydrogen-bond acceptors (Lipinski definition) is 5. The summed E-state index contributed by atoms with van der Waals surface area (Å²) in [7, 11) is 1.84. The maximum Gasteiger partial charge on any atom is 0.213 e. The Labute approximate surface area is 180 Å². The zero-order valence-electron chi connectivity index (χ0n) is 18.4. The molecule has 0 amide bonds. The highest BCUT2D eigenvalue weighted by Crippen LogP contribution is 2.26. The number of ether oxygens (including phenoxy) is 3. The molecule has 1 aromatic rings. The molecule has 4 rings (SSSR count). The van der Waals surface area contributed by atoms with Gasteiger partial charge in [0.15, 0.2) is 5.96 Å². The van der Waals surface area contributed by atoms with E-state index in [-0.39, 0.29) is 12.2 Å². The third-order valence-electron chi connectivity index (χ3n) is 6.48. The highest BCUT2D eigenvalue weighted by atomic mass is 16.5. The number of hydrogen-bond donors (Lipinski definition) is 1. The van der Waals surface area contributed by atoms with E-state index in [0.717, 1.165) is 68.7 Å². The molecule has 2 saturated heterocycles. The average Bonchev–Trinajstić information content (AvgIpc) is 3.31. The van der Waals surface area contributed by atoms with E-state index in [9.17, 15) is 0 Å². The number of pyridine rings is 1. The van der Waals surface area contributed by atoms with Crippen LogP contribution in [0.25, 0.3) is 0 Å². The molecule has 1 N–H and O–H groups in total. The fraction of sp³-hybridized carbons (Fsp3) is 0.739. The van der Waals surface area contributed by atoms with Gasteiger partial charge < -0.3 is 24.4 Å². The van der Waals surface area contributed by atoms with Gasteiger partial charge in [0.25, 0.3) is 0 Å². The summed E-state index contributed by atoms with van der Waals surface area (Å²) in [4.78, 5) is 11.2. The molecular formula is C23H36N4O3. The molecule has 7 heteroatoms. The van der Waals surface area contributed by atoms with Crippen molar-refractivity contribution in [2.45, 2.75) is 70.3 Å². The van der Waals surface area contributed by atoms with Gasteiger partial charge in [0, 0.05) is 45.6 Å². The molecule has 1 aliphatic carbocycles. The van der Waals surface area contributed by atoms with Crippen molar-refractivity contribution in [1.82, 2.24) is 15.2 Å². The summed E-state index contributed by atoms with van der Waals surface area (Å²) < 4.78 is 18.0. The van der Waals surface area contributed by atoms with Gasteiger partial charge in [-0.1, -0.05) is 6.92 Å². The monoisotopic (exact) mass is 416 g/mol. The molecule has 1 saturated carbocycles. The first kappa shape index (κ1) is 21.4. The summed E-state index contributed by atoms with van der Waals surface area (Å²) in [5.74, 6) is 2.45. The zero-order chi connectivity index (χ0) is 20.8. The Hall–Kier alpha value is -1.86. The molecule has 3 heterocycles. The number of nitrogens with one attached hydrogen (secondary N) is 1. The summed E-state index contributed by atoms with van der Waals surface area (Å²) in [5, 5.41) is 3.50. The van der Waals surface area contributed by atoms with Crippen molar-refractivity contribution in [3.05, 3.63) is 23.9 Å². The predicted octanol–water partition coefficient (Wildman–Crippen LogP) is 2.99. The third-order valence-corrected chi connectivity index (χ3v) is 6.48. The van der Waals surface area contributed by atoms with Gasteiger partial charge in [-0.3, -0.25) is 4.99 Å². The van der Waals surface area contributed by atoms with Crippen molar-refractivity contribution < 1.29 is 14.2 Å². The second-order valence-corrected chi connectivity index (χ2v) is 8.81. The lowest BCUT2D eigenvalue weighted by Crippen LogP contribution is -2.53. The lowest BCUT2D eigenvalue weighted by Gasteiger charge is -2.37. The van der Waals surface area contributed by atoms with E-state index < -0.39 is 0 Å². The van der Waals surface area contributed by atoms with Gasteiger partial charge in [0.05, 0.1) is 12.7 Å². The molecule has 0 aromatic carbocycles. The van der Waals surface area contributed by atoms with Crippen molar-refractivity contribution in [3.8, 4) is 5.88 Å². The van der Waals surface area contributed by atoms with Crippen molar-refractivity contribution >= 4 is 5.96 Å². The second-order valence-electron chi connectivity index (χ2n) is 8.81. The molecule has 0 spiro atoms. The largest absolute Gasteiger partial charge is 0.474 e. The quantitative estimate of drug-likeness (QED) is 0.588. The standard InChI is InChI=1S/C23H36N4O3/c1-17-5-7-19(8-6-17)30-22-14-18(9-10-25-22)15-26-23(24-2)27-11-13-29-21(16-27)20-4-3-12-28-20/h9-10,14,17,19-21H,3-8,11-13,15-16H2,1-2H3,(H,24,26). The molecule has 2 unspecified atom stereocenters. The van der Waals surface area contributed by atoms with Gasteiger partial charge in [0.1, 0.15) is 12.2 Å². The Kier molecular flexibility index (Phi) is 7.44. The van der Waals surface area contributed by atoms with E-state index in [1.165, 1.54) is 12.8 Å². The van der Waals surface area contributed by atoms with Crippen LogP contribution in [0.3, 0.4) is 0 Å². The van der Waals surface area contributed by atoms with E-state index in [2.05, 4.69) is 27.1 Å². The van der Waals surface area contributed by atoms with Crippen molar-refractivity contribution in [3.63, 3.8) is 0 Å². The summed E-state index contributed by atoms with van der Waals surface area (Å²) in [6.45, 7) is 6.23. The lowest BCUT2D eigenvalue weighted by molar-refractivity contribution is -0.0817. The van der Waals surface area contributed by atoms with Crippen molar-refractivity contribution in [2.24, 2.45) is 10.9 Å². The Morgan fingerprint density at radius 3 is 2.80 bits per heavy atom. The number of rotatable bonds is 5. The molecular weight excluding hydrogens is 380 g/mol. The number of morpholine rings is 1. The molecule has 166 valence electrons. The fourth-order valence-electron chi connectivity index (χ4n) is 4.64. The Bertz CT molecular complexity index is 699. The van der Waals surface area contributed by atoms with Gasteiger partial charge in [0.2, 0.25) is 5.88 Å². The molecule has 2 aliphatic heterocycles. The maximum atomic E-state index is 6.15. The van der Waals surface area contributed by atoms with Gasteiger partial charge in [-0.15, -0.1) is 0 Å². The maximum absolute atomic E-state index is 6.15. The minimum atomic E-state index is 0.124. The van der Waals surface area contributed by atoms with Gasteiger partial charge in [-0.2, -0.15) is 0 Å². The molecule has 2 atom stereocenters. The van der Waals surface area contributed by atoms with Crippen LogP contribution in [-0.2, 0) is 16.0 Å². The molecule has 3 fully saturated rings. The minimum Gasteiger partial charge on any atom is -0.474 e. The normalized spacial score (nSPS) is 30.3. The van der Waals surface area contributed by atoms with Crippen molar-refractivity contribution in [2.75, 3.05) is 33.4 Å². The highest BCUT2D eigenvalue weighted by molar-refractivity contribution is 5.80. The predicted molar refractivity (Wildman–Crippen MR) is 117 cm³/mol. The second kappa shape index (κ2) is 10.4. The molecule has 30 heavy (non-hydrogen) atoms.